The highest BCUT2D eigenvalue weighted by Crippen LogP contribution is 2.22. The lowest BCUT2D eigenvalue weighted by Gasteiger charge is -2.16. The minimum atomic E-state index is -1.51. The van der Waals surface area contributed by atoms with Crippen molar-refractivity contribution in [2.45, 2.75) is 0 Å². The summed E-state index contributed by atoms with van der Waals surface area (Å²) in [5.74, 6) is -2.80. The van der Waals surface area contributed by atoms with Crippen LogP contribution in [-0.4, -0.2) is 47.9 Å². The molecule has 0 unspecified atom stereocenters. The zero-order valence-electron chi connectivity index (χ0n) is 14.6. The Labute approximate surface area is 161 Å². The topological polar surface area (TPSA) is 108 Å². The molecule has 1 aromatic heterocycles. The van der Waals surface area contributed by atoms with Gasteiger partial charge in [-0.25, -0.2) is 14.8 Å². The third kappa shape index (κ3) is 5.93. The molecule has 0 saturated heterocycles. The smallest absolute Gasteiger partial charge is 0.328 e. The van der Waals surface area contributed by atoms with Gasteiger partial charge in [0.15, 0.2) is 12.2 Å². The van der Waals surface area contributed by atoms with E-state index in [1.165, 1.54) is 0 Å². The van der Waals surface area contributed by atoms with Crippen molar-refractivity contribution in [1.29, 1.82) is 0 Å². The van der Waals surface area contributed by atoms with Crippen LogP contribution < -0.4 is 15.0 Å². The van der Waals surface area contributed by atoms with Gasteiger partial charge in [0.25, 0.3) is 0 Å². The summed E-state index contributed by atoms with van der Waals surface area (Å²) in [6.45, 7) is 1.82. The lowest BCUT2D eigenvalue weighted by Crippen LogP contribution is -2.74. The number of hydrogen-bond donors (Lipinski definition) is 2. The number of fused-ring (bicyclic) bond motifs is 1. The van der Waals surface area contributed by atoms with Gasteiger partial charge in [-0.05, 0) is 30.3 Å². The van der Waals surface area contributed by atoms with E-state index in [2.05, 4.69) is 34.1 Å². The van der Waals surface area contributed by atoms with Crippen molar-refractivity contribution in [3.63, 3.8) is 0 Å². The Bertz CT molecular complexity index is 866. The van der Waals surface area contributed by atoms with Crippen LogP contribution in [0.2, 0.25) is 5.15 Å². The summed E-state index contributed by atoms with van der Waals surface area (Å²) in [6.07, 6.45) is 0.942. The number of likely N-dealkylation sites (N-methyl/N-ethyl adjacent to an activating group) is 1. The van der Waals surface area contributed by atoms with E-state index in [-0.39, 0.29) is 0 Å². The minimum absolute atomic E-state index is 0.447. The number of aliphatic carboxylic acids is 2. The first-order chi connectivity index (χ1) is 12.9. The van der Waals surface area contributed by atoms with Crippen LogP contribution in [0.4, 0.5) is 5.69 Å². The van der Waals surface area contributed by atoms with Crippen molar-refractivity contribution in [1.82, 2.24) is 4.98 Å². The summed E-state index contributed by atoms with van der Waals surface area (Å²) in [4.78, 5) is 29.1. The van der Waals surface area contributed by atoms with Crippen LogP contribution in [0.25, 0.3) is 0 Å². The fourth-order valence-electron chi connectivity index (χ4n) is 2.46. The van der Waals surface area contributed by atoms with Gasteiger partial charge in [-0.15, -0.1) is 0 Å². The van der Waals surface area contributed by atoms with E-state index in [0.717, 1.165) is 35.7 Å². The predicted molar refractivity (Wildman–Crippen MR) is 99.8 cm³/mol. The number of pyridine rings is 1. The number of carboxylic acid groups (broad SMARTS) is 2. The molecule has 0 saturated carbocycles. The van der Waals surface area contributed by atoms with Crippen LogP contribution >= 0.6 is 11.6 Å². The maximum absolute atomic E-state index is 9.53. The fourth-order valence-corrected chi connectivity index (χ4v) is 2.60. The van der Waals surface area contributed by atoms with Gasteiger partial charge >= 0.3 is 5.97 Å². The number of halogens is 1. The van der Waals surface area contributed by atoms with Gasteiger partial charge in [-0.3, -0.25) is 0 Å². The Morgan fingerprint density at radius 3 is 2.52 bits per heavy atom. The average molecular weight is 388 g/mol. The quantitative estimate of drug-likeness (QED) is 0.542. The zero-order valence-corrected chi connectivity index (χ0v) is 15.3. The molecule has 0 atom stereocenters. The van der Waals surface area contributed by atoms with Crippen molar-refractivity contribution >= 4 is 34.9 Å². The maximum Gasteiger partial charge on any atom is 0.328 e. The summed E-state index contributed by atoms with van der Waals surface area (Å²) >= 11 is 6.06. The first-order valence-electron chi connectivity index (χ1n) is 8.04. The van der Waals surface area contributed by atoms with Crippen LogP contribution in [0.3, 0.4) is 0 Å². The number of benzene rings is 1. The molecule has 0 aliphatic carbocycles. The second-order valence-corrected chi connectivity index (χ2v) is 5.97. The molecule has 140 valence electrons. The lowest BCUT2D eigenvalue weighted by atomic mass is 10.1. The van der Waals surface area contributed by atoms with Crippen molar-refractivity contribution in [3.8, 4) is 0 Å². The van der Waals surface area contributed by atoms with Crippen LogP contribution in [-0.2, 0) is 9.59 Å². The SMILES string of the molecule is CN1CC[NH+]=C(c2ccccc2)c2nc(Cl)ccc21.O=C([O-])/C=C/C(=O)O. The van der Waals surface area contributed by atoms with Gasteiger partial charge in [0.2, 0.25) is 5.71 Å². The normalized spacial score (nSPS) is 13.1. The number of carboxylic acids is 2. The average Bonchev–Trinajstić information content (AvgIpc) is 2.80. The molecule has 0 bridgehead atoms. The summed E-state index contributed by atoms with van der Waals surface area (Å²) in [5.41, 5.74) is 4.20. The number of aromatic nitrogens is 1. The standard InChI is InChI=1S/C15H14ClN3.C4H4O4/c1-19-10-9-17-14(11-5-3-2-4-6-11)15-12(19)7-8-13(16)18-15;5-3(6)1-2-4(7)8/h2-8H,9-10H2,1H3;1-2H,(H,5,6)(H,7,8)/b;2-1+. The predicted octanol–water partition coefficient (Wildman–Crippen LogP) is -0.520. The van der Waals surface area contributed by atoms with Gasteiger partial charge in [0.05, 0.1) is 18.2 Å². The van der Waals surface area contributed by atoms with E-state index in [9.17, 15) is 14.7 Å². The number of carbonyl (C=O) groups excluding carboxylic acids is 1. The van der Waals surface area contributed by atoms with Crippen molar-refractivity contribution < 1.29 is 24.8 Å². The van der Waals surface area contributed by atoms with Crippen LogP contribution in [0.1, 0.15) is 11.3 Å². The van der Waals surface area contributed by atoms with Crippen molar-refractivity contribution in [3.05, 3.63) is 71.0 Å². The Morgan fingerprint density at radius 1 is 1.22 bits per heavy atom. The van der Waals surface area contributed by atoms with Gasteiger partial charge < -0.3 is 19.9 Å². The number of anilines is 1. The Balaban J connectivity index is 0.000000279. The number of hydrogen-bond acceptors (Lipinski definition) is 5. The zero-order chi connectivity index (χ0) is 19.8. The Hall–Kier alpha value is -3.19. The molecule has 0 amide bonds. The molecule has 0 radical (unpaired) electrons. The molecular formula is C19H18ClN3O4. The van der Waals surface area contributed by atoms with Crippen LogP contribution in [0, 0.1) is 0 Å². The Kier molecular flexibility index (Phi) is 7.08. The number of nitrogens with one attached hydrogen (secondary N) is 1. The van der Waals surface area contributed by atoms with Gasteiger partial charge in [0.1, 0.15) is 5.15 Å². The summed E-state index contributed by atoms with van der Waals surface area (Å²) in [7, 11) is 2.07. The van der Waals surface area contributed by atoms with E-state index >= 15 is 0 Å². The first-order valence-corrected chi connectivity index (χ1v) is 8.42. The summed E-state index contributed by atoms with van der Waals surface area (Å²) in [5, 5.41) is 17.7. The molecule has 2 heterocycles. The number of carbonyl (C=O) groups is 2. The maximum atomic E-state index is 9.53. The molecule has 7 nitrogen and oxygen atoms in total. The van der Waals surface area contributed by atoms with Gasteiger partial charge in [-0.2, -0.15) is 0 Å². The van der Waals surface area contributed by atoms with E-state index in [4.69, 9.17) is 16.7 Å². The molecule has 27 heavy (non-hydrogen) atoms. The number of nitrogens with zero attached hydrogens (tertiary/aromatic N) is 2. The van der Waals surface area contributed by atoms with Crippen LogP contribution in [0.5, 0.6) is 0 Å². The van der Waals surface area contributed by atoms with Crippen molar-refractivity contribution in [2.75, 3.05) is 25.0 Å². The molecule has 2 N–H and O–H groups in total. The molecule has 1 aliphatic heterocycles. The van der Waals surface area contributed by atoms with Crippen molar-refractivity contribution in [2.24, 2.45) is 0 Å². The molecule has 8 heteroatoms. The summed E-state index contributed by atoms with van der Waals surface area (Å²) < 4.78 is 0. The van der Waals surface area contributed by atoms with E-state index < -0.39 is 11.9 Å². The fraction of sp³-hybridized carbons (Fsp3) is 0.158. The number of rotatable bonds is 3. The van der Waals surface area contributed by atoms with E-state index in [1.54, 1.807) is 0 Å². The Morgan fingerprint density at radius 2 is 1.93 bits per heavy atom. The molecule has 1 aliphatic rings. The van der Waals surface area contributed by atoms with E-state index in [1.807, 2.05) is 30.3 Å². The third-order valence-electron chi connectivity index (χ3n) is 3.66. The highest BCUT2D eigenvalue weighted by atomic mass is 35.5. The third-order valence-corrected chi connectivity index (χ3v) is 3.87. The highest BCUT2D eigenvalue weighted by molar-refractivity contribution is 6.29. The minimum Gasteiger partial charge on any atom is -0.545 e. The molecule has 3 rings (SSSR count). The molecular weight excluding hydrogens is 370 g/mol. The summed E-state index contributed by atoms with van der Waals surface area (Å²) in [6, 6.07) is 14.1. The monoisotopic (exact) mass is 387 g/mol. The second-order valence-electron chi connectivity index (χ2n) is 5.58. The van der Waals surface area contributed by atoms with E-state index in [0.29, 0.717) is 17.3 Å². The molecule has 2 aromatic rings. The second kappa shape index (κ2) is 9.49. The first kappa shape index (κ1) is 20.1. The van der Waals surface area contributed by atoms with Gasteiger partial charge in [-0.1, -0.05) is 29.8 Å². The molecule has 1 aromatic carbocycles. The molecule has 0 fully saturated rings. The molecule has 0 spiro atoms. The van der Waals surface area contributed by atoms with Gasteiger partial charge in [0, 0.05) is 18.7 Å². The lowest BCUT2D eigenvalue weighted by molar-refractivity contribution is -0.452. The van der Waals surface area contributed by atoms with Crippen LogP contribution in [0.15, 0.2) is 54.6 Å². The largest absolute Gasteiger partial charge is 0.545 e. The highest BCUT2D eigenvalue weighted by Gasteiger charge is 2.24.